The first-order chi connectivity index (χ1) is 16.4. The van der Waals surface area contributed by atoms with E-state index in [2.05, 4.69) is 26.3 Å². The molecule has 0 radical (unpaired) electrons. The predicted molar refractivity (Wildman–Crippen MR) is 138 cm³/mol. The third-order valence-electron chi connectivity index (χ3n) is 5.34. The monoisotopic (exact) mass is 541 g/mol. The molecule has 34 heavy (non-hydrogen) atoms. The van der Waals surface area contributed by atoms with Gasteiger partial charge in [0, 0.05) is 36.8 Å². The van der Waals surface area contributed by atoms with Gasteiger partial charge in [-0.1, -0.05) is 48.0 Å². The number of hydrogen-bond acceptors (Lipinski definition) is 5. The highest BCUT2D eigenvalue weighted by Gasteiger charge is 2.19. The standard InChI is InChI=1S/C25H25BrClN5O2/c1-17(34-18-9-4-3-5-10-18)25(33)31(2)14-8-13-28-23-15-22(19-11-6-7-12-21(19)27)30-24-20(26)16-29-32(23)24/h3-7,9-12,15-17,28H,8,13-14H2,1-2H3. The van der Waals surface area contributed by atoms with E-state index in [-0.39, 0.29) is 5.91 Å². The van der Waals surface area contributed by atoms with Crippen LogP contribution in [0.1, 0.15) is 13.3 Å². The summed E-state index contributed by atoms with van der Waals surface area (Å²) >= 11 is 9.92. The maximum atomic E-state index is 12.7. The fourth-order valence-electron chi connectivity index (χ4n) is 3.58. The molecule has 1 unspecified atom stereocenters. The summed E-state index contributed by atoms with van der Waals surface area (Å²) in [5.41, 5.74) is 2.29. The molecule has 2 aromatic carbocycles. The average molecular weight is 543 g/mol. The summed E-state index contributed by atoms with van der Waals surface area (Å²) in [6.07, 6.45) is 1.90. The zero-order valence-corrected chi connectivity index (χ0v) is 21.3. The van der Waals surface area contributed by atoms with E-state index in [1.807, 2.05) is 60.7 Å². The van der Waals surface area contributed by atoms with Crippen molar-refractivity contribution in [3.05, 3.63) is 76.4 Å². The summed E-state index contributed by atoms with van der Waals surface area (Å²) in [6, 6.07) is 18.9. The second-order valence-corrected chi connectivity index (χ2v) is 9.11. The van der Waals surface area contributed by atoms with Crippen LogP contribution in [0, 0.1) is 0 Å². The molecule has 1 atom stereocenters. The number of likely N-dealkylation sites (N-methyl/N-ethyl adjacent to an activating group) is 1. The molecule has 0 aliphatic carbocycles. The lowest BCUT2D eigenvalue weighted by Crippen LogP contribution is -2.38. The van der Waals surface area contributed by atoms with E-state index in [9.17, 15) is 4.79 Å². The topological polar surface area (TPSA) is 71.8 Å². The molecule has 0 bridgehead atoms. The van der Waals surface area contributed by atoms with Gasteiger partial charge >= 0.3 is 0 Å². The third-order valence-corrected chi connectivity index (χ3v) is 6.22. The fraction of sp³-hybridized carbons (Fsp3) is 0.240. The number of fused-ring (bicyclic) bond motifs is 1. The van der Waals surface area contributed by atoms with Gasteiger partial charge in [-0.25, -0.2) is 4.98 Å². The van der Waals surface area contributed by atoms with E-state index in [0.29, 0.717) is 29.5 Å². The van der Waals surface area contributed by atoms with Gasteiger partial charge in [0.1, 0.15) is 11.6 Å². The van der Waals surface area contributed by atoms with Crippen molar-refractivity contribution in [1.82, 2.24) is 19.5 Å². The highest BCUT2D eigenvalue weighted by atomic mass is 79.9. The summed E-state index contributed by atoms with van der Waals surface area (Å²) in [4.78, 5) is 19.1. The van der Waals surface area contributed by atoms with Gasteiger partial charge in [0.25, 0.3) is 5.91 Å². The Morgan fingerprint density at radius 3 is 2.71 bits per heavy atom. The van der Waals surface area contributed by atoms with Gasteiger partial charge in [-0.3, -0.25) is 4.79 Å². The quantitative estimate of drug-likeness (QED) is 0.281. The minimum Gasteiger partial charge on any atom is -0.481 e. The SMILES string of the molecule is CC(Oc1ccccc1)C(=O)N(C)CCCNc1cc(-c2ccccc2Cl)nc2c(Br)cnn12. The van der Waals surface area contributed by atoms with Crippen LogP contribution in [0.3, 0.4) is 0 Å². The van der Waals surface area contributed by atoms with Crippen LogP contribution < -0.4 is 10.1 Å². The van der Waals surface area contributed by atoms with E-state index >= 15 is 0 Å². The van der Waals surface area contributed by atoms with Crippen molar-refractivity contribution >= 4 is 44.9 Å². The summed E-state index contributed by atoms with van der Waals surface area (Å²) in [5.74, 6) is 1.41. The molecular formula is C25H25BrClN5O2. The van der Waals surface area contributed by atoms with E-state index in [1.54, 1.807) is 29.6 Å². The molecule has 0 saturated heterocycles. The molecule has 0 spiro atoms. The molecule has 1 amide bonds. The molecule has 4 aromatic rings. The van der Waals surface area contributed by atoms with E-state index in [4.69, 9.17) is 21.3 Å². The minimum absolute atomic E-state index is 0.0628. The minimum atomic E-state index is -0.556. The van der Waals surface area contributed by atoms with Gasteiger partial charge in [0.15, 0.2) is 11.8 Å². The van der Waals surface area contributed by atoms with Crippen molar-refractivity contribution in [3.63, 3.8) is 0 Å². The average Bonchev–Trinajstić information content (AvgIpc) is 3.22. The summed E-state index contributed by atoms with van der Waals surface area (Å²) in [6.45, 7) is 3.00. The summed E-state index contributed by atoms with van der Waals surface area (Å²) in [7, 11) is 1.79. The van der Waals surface area contributed by atoms with Crippen LogP contribution in [-0.4, -0.2) is 51.6 Å². The molecular weight excluding hydrogens is 518 g/mol. The molecule has 176 valence electrons. The summed E-state index contributed by atoms with van der Waals surface area (Å²) in [5, 5.41) is 8.46. The number of hydrogen-bond donors (Lipinski definition) is 1. The van der Waals surface area contributed by atoms with Gasteiger partial charge in [-0.2, -0.15) is 9.61 Å². The van der Waals surface area contributed by atoms with Crippen molar-refractivity contribution in [1.29, 1.82) is 0 Å². The van der Waals surface area contributed by atoms with Crippen LogP contribution >= 0.6 is 27.5 Å². The van der Waals surface area contributed by atoms with Crippen LogP contribution in [0.4, 0.5) is 5.82 Å². The van der Waals surface area contributed by atoms with Crippen LogP contribution in [0.15, 0.2) is 71.3 Å². The number of carbonyl (C=O) groups is 1. The van der Waals surface area contributed by atoms with E-state index in [1.165, 1.54) is 0 Å². The lowest BCUT2D eigenvalue weighted by Gasteiger charge is -2.22. The highest BCUT2D eigenvalue weighted by Crippen LogP contribution is 2.30. The number of ether oxygens (including phenoxy) is 1. The van der Waals surface area contributed by atoms with Crippen molar-refractivity contribution in [2.75, 3.05) is 25.5 Å². The van der Waals surface area contributed by atoms with E-state index in [0.717, 1.165) is 28.0 Å². The molecule has 0 saturated carbocycles. The molecule has 7 nitrogen and oxygen atoms in total. The third kappa shape index (κ3) is 5.51. The number of para-hydroxylation sites is 1. The zero-order chi connectivity index (χ0) is 24.1. The number of carbonyl (C=O) groups excluding carboxylic acids is 1. The summed E-state index contributed by atoms with van der Waals surface area (Å²) < 4.78 is 8.29. The normalized spacial score (nSPS) is 11.9. The molecule has 1 N–H and O–H groups in total. The highest BCUT2D eigenvalue weighted by molar-refractivity contribution is 9.10. The lowest BCUT2D eigenvalue weighted by molar-refractivity contribution is -0.136. The zero-order valence-electron chi connectivity index (χ0n) is 18.9. The Morgan fingerprint density at radius 2 is 1.94 bits per heavy atom. The lowest BCUT2D eigenvalue weighted by atomic mass is 10.1. The van der Waals surface area contributed by atoms with Gasteiger partial charge in [0.2, 0.25) is 0 Å². The number of anilines is 1. The molecule has 2 aromatic heterocycles. The van der Waals surface area contributed by atoms with Crippen LogP contribution in [0.2, 0.25) is 5.02 Å². The molecule has 2 heterocycles. The Balaban J connectivity index is 1.39. The number of benzene rings is 2. The first kappa shape index (κ1) is 24.0. The largest absolute Gasteiger partial charge is 0.481 e. The predicted octanol–water partition coefficient (Wildman–Crippen LogP) is 5.54. The van der Waals surface area contributed by atoms with Crippen molar-refractivity contribution in [3.8, 4) is 17.0 Å². The molecule has 0 aliphatic heterocycles. The number of amides is 1. The van der Waals surface area contributed by atoms with Crippen molar-refractivity contribution < 1.29 is 9.53 Å². The Morgan fingerprint density at radius 1 is 1.21 bits per heavy atom. The molecule has 4 rings (SSSR count). The van der Waals surface area contributed by atoms with Gasteiger partial charge in [0.05, 0.1) is 16.4 Å². The number of halogens is 2. The number of nitrogens with one attached hydrogen (secondary N) is 1. The maximum Gasteiger partial charge on any atom is 0.263 e. The second-order valence-electron chi connectivity index (χ2n) is 7.85. The second kappa shape index (κ2) is 10.9. The Bertz CT molecular complexity index is 1280. The van der Waals surface area contributed by atoms with Gasteiger partial charge < -0.3 is 15.0 Å². The molecule has 0 fully saturated rings. The van der Waals surface area contributed by atoms with Crippen molar-refractivity contribution in [2.45, 2.75) is 19.4 Å². The molecule has 0 aliphatic rings. The number of nitrogens with zero attached hydrogens (tertiary/aromatic N) is 4. The van der Waals surface area contributed by atoms with Gasteiger partial charge in [-0.15, -0.1) is 0 Å². The fourth-order valence-corrected chi connectivity index (χ4v) is 4.16. The smallest absolute Gasteiger partial charge is 0.263 e. The number of rotatable bonds is 9. The Hall–Kier alpha value is -3.10. The first-order valence-electron chi connectivity index (χ1n) is 10.9. The maximum absolute atomic E-state index is 12.7. The first-order valence-corrected chi connectivity index (χ1v) is 12.1. The van der Waals surface area contributed by atoms with Crippen molar-refractivity contribution in [2.24, 2.45) is 0 Å². The Kier molecular flexibility index (Phi) is 7.70. The van der Waals surface area contributed by atoms with Crippen LogP contribution in [-0.2, 0) is 4.79 Å². The van der Waals surface area contributed by atoms with E-state index < -0.39 is 6.10 Å². The molecule has 9 heteroatoms. The van der Waals surface area contributed by atoms with Gasteiger partial charge in [-0.05, 0) is 47.5 Å². The number of aromatic nitrogens is 3. The van der Waals surface area contributed by atoms with Crippen LogP contribution in [0.25, 0.3) is 16.9 Å². The van der Waals surface area contributed by atoms with Crippen LogP contribution in [0.5, 0.6) is 5.75 Å². The Labute approximate surface area is 211 Å².